The molecule has 2 heterocycles. The fourth-order valence-corrected chi connectivity index (χ4v) is 2.28. The number of carboxylic acids is 1. The Morgan fingerprint density at radius 2 is 2.28 bits per heavy atom. The molecule has 1 aromatic heterocycles. The van der Waals surface area contributed by atoms with E-state index in [4.69, 9.17) is 9.52 Å². The first-order valence-corrected chi connectivity index (χ1v) is 6.07. The van der Waals surface area contributed by atoms with Gasteiger partial charge in [0.2, 0.25) is 5.91 Å². The van der Waals surface area contributed by atoms with Gasteiger partial charge in [0, 0.05) is 13.0 Å². The molecule has 0 radical (unpaired) electrons. The molecule has 0 aliphatic carbocycles. The van der Waals surface area contributed by atoms with Crippen molar-refractivity contribution in [3.05, 3.63) is 23.7 Å². The summed E-state index contributed by atoms with van der Waals surface area (Å²) >= 11 is 0. The Morgan fingerprint density at radius 3 is 2.83 bits per heavy atom. The van der Waals surface area contributed by atoms with Gasteiger partial charge in [0.25, 0.3) is 0 Å². The van der Waals surface area contributed by atoms with Gasteiger partial charge < -0.3 is 14.4 Å². The van der Waals surface area contributed by atoms with Crippen LogP contribution in [-0.4, -0.2) is 28.4 Å². The molecule has 0 bridgehead atoms. The number of likely N-dealkylation sites (tertiary alicyclic amines) is 1. The van der Waals surface area contributed by atoms with Crippen molar-refractivity contribution >= 4 is 11.9 Å². The van der Waals surface area contributed by atoms with Gasteiger partial charge in [-0.05, 0) is 32.4 Å². The molecular weight excluding hydrogens is 234 g/mol. The first-order chi connectivity index (χ1) is 8.49. The van der Waals surface area contributed by atoms with E-state index < -0.39 is 11.9 Å². The maximum absolute atomic E-state index is 11.9. The van der Waals surface area contributed by atoms with Crippen molar-refractivity contribution in [2.24, 2.45) is 5.92 Å². The molecule has 0 saturated carbocycles. The van der Waals surface area contributed by atoms with Crippen molar-refractivity contribution in [1.82, 2.24) is 4.90 Å². The zero-order chi connectivity index (χ0) is 13.3. The second-order valence-electron chi connectivity index (χ2n) is 4.74. The van der Waals surface area contributed by atoms with Crippen molar-refractivity contribution in [3.63, 3.8) is 0 Å². The third-order valence-electron chi connectivity index (χ3n) is 3.43. The lowest BCUT2D eigenvalue weighted by molar-refractivity contribution is -0.148. The number of nitrogens with zero attached hydrogens (tertiary/aromatic N) is 1. The summed E-state index contributed by atoms with van der Waals surface area (Å²) in [5, 5.41) is 9.04. The van der Waals surface area contributed by atoms with Crippen LogP contribution in [0.15, 0.2) is 16.5 Å². The molecule has 2 unspecified atom stereocenters. The standard InChI is InChI=1S/C13H17NO4/c1-8-3-5-11(18-8)9(2)14-7-10(13(16)17)4-6-12(14)15/h3,5,9-10H,4,6-7H2,1-2H3,(H,16,17). The van der Waals surface area contributed by atoms with Crippen LogP contribution >= 0.6 is 0 Å². The van der Waals surface area contributed by atoms with Gasteiger partial charge in [-0.2, -0.15) is 0 Å². The number of aliphatic carboxylic acids is 1. The molecule has 1 aromatic rings. The van der Waals surface area contributed by atoms with Gasteiger partial charge in [-0.25, -0.2) is 0 Å². The molecule has 5 nitrogen and oxygen atoms in total. The second kappa shape index (κ2) is 4.84. The van der Waals surface area contributed by atoms with Gasteiger partial charge in [-0.1, -0.05) is 0 Å². The van der Waals surface area contributed by atoms with Gasteiger partial charge in [-0.3, -0.25) is 9.59 Å². The van der Waals surface area contributed by atoms with Crippen LogP contribution in [0, 0.1) is 12.8 Å². The number of aryl methyl sites for hydroxylation is 1. The Bertz CT molecular complexity index is 465. The Balaban J connectivity index is 2.14. The maximum atomic E-state index is 11.9. The maximum Gasteiger partial charge on any atom is 0.308 e. The molecule has 5 heteroatoms. The highest BCUT2D eigenvalue weighted by molar-refractivity contribution is 5.80. The number of amides is 1. The quantitative estimate of drug-likeness (QED) is 0.891. The van der Waals surface area contributed by atoms with E-state index in [1.54, 1.807) is 4.90 Å². The summed E-state index contributed by atoms with van der Waals surface area (Å²) in [6, 6.07) is 3.46. The molecule has 2 atom stereocenters. The smallest absolute Gasteiger partial charge is 0.308 e. The van der Waals surface area contributed by atoms with Crippen molar-refractivity contribution in [1.29, 1.82) is 0 Å². The third kappa shape index (κ3) is 2.39. The summed E-state index contributed by atoms with van der Waals surface area (Å²) in [6.07, 6.45) is 0.718. The molecule has 0 aromatic carbocycles. The highest BCUT2D eigenvalue weighted by Crippen LogP contribution is 2.28. The first kappa shape index (κ1) is 12.7. The van der Waals surface area contributed by atoms with Gasteiger partial charge >= 0.3 is 5.97 Å². The molecule has 2 rings (SSSR count). The van der Waals surface area contributed by atoms with Crippen LogP contribution in [0.1, 0.15) is 37.3 Å². The second-order valence-corrected chi connectivity index (χ2v) is 4.74. The Morgan fingerprint density at radius 1 is 1.56 bits per heavy atom. The molecule has 1 aliphatic rings. The van der Waals surface area contributed by atoms with Crippen molar-refractivity contribution in [2.45, 2.75) is 32.7 Å². The lowest BCUT2D eigenvalue weighted by Gasteiger charge is -2.34. The van der Waals surface area contributed by atoms with E-state index in [2.05, 4.69) is 0 Å². The summed E-state index contributed by atoms with van der Waals surface area (Å²) in [7, 11) is 0. The Hall–Kier alpha value is -1.78. The molecular formula is C13H17NO4. The highest BCUT2D eigenvalue weighted by atomic mass is 16.4. The minimum Gasteiger partial charge on any atom is -0.481 e. The minimum atomic E-state index is -0.838. The van der Waals surface area contributed by atoms with Crippen LogP contribution < -0.4 is 0 Å². The fourth-order valence-electron chi connectivity index (χ4n) is 2.28. The number of rotatable bonds is 3. The summed E-state index contributed by atoms with van der Waals surface area (Å²) in [4.78, 5) is 24.5. The van der Waals surface area contributed by atoms with Gasteiger partial charge in [0.05, 0.1) is 12.0 Å². The third-order valence-corrected chi connectivity index (χ3v) is 3.43. The molecule has 1 fully saturated rings. The number of hydrogen-bond acceptors (Lipinski definition) is 3. The van der Waals surface area contributed by atoms with Crippen LogP contribution in [0.3, 0.4) is 0 Å². The normalized spacial score (nSPS) is 22.0. The van der Waals surface area contributed by atoms with E-state index in [9.17, 15) is 9.59 Å². The van der Waals surface area contributed by atoms with E-state index in [-0.39, 0.29) is 18.5 Å². The summed E-state index contributed by atoms with van der Waals surface area (Å²) in [5.74, 6) is 0.175. The molecule has 18 heavy (non-hydrogen) atoms. The molecule has 1 amide bonds. The Kier molecular flexibility index (Phi) is 3.41. The van der Waals surface area contributed by atoms with Gasteiger partial charge in [0.1, 0.15) is 11.5 Å². The predicted octanol–water partition coefficient (Wildman–Crippen LogP) is 1.97. The van der Waals surface area contributed by atoms with E-state index in [0.717, 1.165) is 5.76 Å². The molecule has 1 saturated heterocycles. The van der Waals surface area contributed by atoms with E-state index in [1.807, 2.05) is 26.0 Å². The van der Waals surface area contributed by atoms with Crippen LogP contribution in [0.2, 0.25) is 0 Å². The largest absolute Gasteiger partial charge is 0.481 e. The Labute approximate surface area is 105 Å². The van der Waals surface area contributed by atoms with Gasteiger partial charge in [0.15, 0.2) is 0 Å². The topological polar surface area (TPSA) is 70.8 Å². The first-order valence-electron chi connectivity index (χ1n) is 6.07. The number of carbonyl (C=O) groups excluding carboxylic acids is 1. The van der Waals surface area contributed by atoms with Crippen LogP contribution in [0.5, 0.6) is 0 Å². The molecule has 0 spiro atoms. The van der Waals surface area contributed by atoms with Crippen molar-refractivity contribution in [3.8, 4) is 0 Å². The summed E-state index contributed by atoms with van der Waals surface area (Å²) < 4.78 is 5.50. The van der Waals surface area contributed by atoms with E-state index in [1.165, 1.54) is 0 Å². The van der Waals surface area contributed by atoms with Crippen LogP contribution in [0.4, 0.5) is 0 Å². The average Bonchev–Trinajstić information content (AvgIpc) is 2.75. The number of carbonyl (C=O) groups is 2. The predicted molar refractivity (Wildman–Crippen MR) is 63.9 cm³/mol. The van der Waals surface area contributed by atoms with E-state index in [0.29, 0.717) is 18.6 Å². The minimum absolute atomic E-state index is 0.00551. The number of furan rings is 1. The SMILES string of the molecule is Cc1ccc(C(C)N2CC(C(=O)O)CCC2=O)o1. The monoisotopic (exact) mass is 251 g/mol. The fraction of sp³-hybridized carbons (Fsp3) is 0.538. The lowest BCUT2D eigenvalue weighted by atomic mass is 9.96. The summed E-state index contributed by atoms with van der Waals surface area (Å²) in [5.41, 5.74) is 0. The zero-order valence-electron chi connectivity index (χ0n) is 10.5. The number of hydrogen-bond donors (Lipinski definition) is 1. The molecule has 1 aliphatic heterocycles. The van der Waals surface area contributed by atoms with Crippen LogP contribution in [-0.2, 0) is 9.59 Å². The highest BCUT2D eigenvalue weighted by Gasteiger charge is 2.33. The lowest BCUT2D eigenvalue weighted by Crippen LogP contribution is -2.43. The van der Waals surface area contributed by atoms with Crippen LogP contribution in [0.25, 0.3) is 0 Å². The van der Waals surface area contributed by atoms with E-state index >= 15 is 0 Å². The molecule has 98 valence electrons. The van der Waals surface area contributed by atoms with Gasteiger partial charge in [-0.15, -0.1) is 0 Å². The average molecular weight is 251 g/mol. The summed E-state index contributed by atoms with van der Waals surface area (Å²) in [6.45, 7) is 3.96. The zero-order valence-corrected chi connectivity index (χ0v) is 10.5. The molecule has 1 N–H and O–H groups in total. The van der Waals surface area contributed by atoms with Crippen molar-refractivity contribution in [2.75, 3.05) is 6.54 Å². The van der Waals surface area contributed by atoms with Crippen molar-refractivity contribution < 1.29 is 19.1 Å². The number of carboxylic acid groups (broad SMARTS) is 1. The number of piperidine rings is 1.